The lowest BCUT2D eigenvalue weighted by Crippen LogP contribution is -2.45. The number of unbranched alkanes of at least 4 members (excludes halogenated alkanes) is 15. The standard InChI is InChI=1S/C28H47F2N2O6P/c1-3-4-5-6-7-8-9-10-11-12-13-14-15-16-17-18-21-35-39(34)36-22-24-25(38-39)28(29,30)26(37-24)32-20-19-23(2)31-27(32)33/h19-20,24-26H,3-18,21-22H2,1-2H3/t24-,25-,26-,39?/m1/s1. The van der Waals surface area contributed by atoms with Crippen molar-refractivity contribution in [2.24, 2.45) is 0 Å². The van der Waals surface area contributed by atoms with E-state index in [1.54, 1.807) is 6.92 Å². The molecule has 39 heavy (non-hydrogen) atoms. The van der Waals surface area contributed by atoms with Crippen LogP contribution in [0.4, 0.5) is 8.78 Å². The first-order chi connectivity index (χ1) is 18.8. The normalized spacial score (nSPS) is 26.1. The van der Waals surface area contributed by atoms with Crippen LogP contribution in [0, 0.1) is 6.92 Å². The Morgan fingerprint density at radius 3 is 2.05 bits per heavy atom. The molecular weight excluding hydrogens is 529 g/mol. The number of phosphoric acid groups is 1. The zero-order valence-corrected chi connectivity index (χ0v) is 24.6. The van der Waals surface area contributed by atoms with Gasteiger partial charge in [-0.05, 0) is 19.4 Å². The van der Waals surface area contributed by atoms with E-state index in [1.807, 2.05) is 0 Å². The van der Waals surface area contributed by atoms with E-state index < -0.39 is 37.9 Å². The van der Waals surface area contributed by atoms with Crippen molar-refractivity contribution in [1.82, 2.24) is 9.55 Å². The number of aryl methyl sites for hydroxylation is 1. The first-order valence-electron chi connectivity index (χ1n) is 14.9. The van der Waals surface area contributed by atoms with Crippen molar-refractivity contribution in [1.29, 1.82) is 0 Å². The van der Waals surface area contributed by atoms with Crippen LogP contribution < -0.4 is 5.69 Å². The number of alkyl halides is 2. The highest BCUT2D eigenvalue weighted by molar-refractivity contribution is 7.48. The van der Waals surface area contributed by atoms with Crippen LogP contribution >= 0.6 is 7.82 Å². The average Bonchev–Trinajstić information content (AvgIpc) is 3.15. The molecule has 1 aromatic rings. The number of hydrogen-bond acceptors (Lipinski definition) is 7. The van der Waals surface area contributed by atoms with Crippen molar-refractivity contribution in [3.8, 4) is 0 Å². The maximum atomic E-state index is 15.1. The van der Waals surface area contributed by atoms with Gasteiger partial charge in [0.05, 0.1) is 13.2 Å². The van der Waals surface area contributed by atoms with Gasteiger partial charge in [-0.3, -0.25) is 18.1 Å². The molecule has 2 aliphatic heterocycles. The molecule has 2 aliphatic rings. The van der Waals surface area contributed by atoms with Gasteiger partial charge in [0.2, 0.25) is 6.23 Å². The molecule has 1 aromatic heterocycles. The molecule has 0 spiro atoms. The van der Waals surface area contributed by atoms with Crippen molar-refractivity contribution in [3.63, 3.8) is 0 Å². The fourth-order valence-electron chi connectivity index (χ4n) is 5.14. The fourth-order valence-corrected chi connectivity index (χ4v) is 6.57. The van der Waals surface area contributed by atoms with Crippen LogP contribution in [0.25, 0.3) is 0 Å². The van der Waals surface area contributed by atoms with Crippen LogP contribution in [0.1, 0.15) is 122 Å². The summed E-state index contributed by atoms with van der Waals surface area (Å²) in [5, 5.41) is 0. The van der Waals surface area contributed by atoms with Crippen LogP contribution in [-0.4, -0.2) is 40.9 Å². The maximum absolute atomic E-state index is 15.1. The van der Waals surface area contributed by atoms with Crippen molar-refractivity contribution in [3.05, 3.63) is 28.4 Å². The van der Waals surface area contributed by atoms with Crippen LogP contribution in [0.5, 0.6) is 0 Å². The van der Waals surface area contributed by atoms with E-state index in [-0.39, 0.29) is 13.2 Å². The SMILES string of the molecule is CCCCCCCCCCCCCCCCCCOP1(=O)OC[C@H]2O[C@@H](n3ccc(C)nc3=O)C(F)(F)[C@@H]2O1. The van der Waals surface area contributed by atoms with E-state index in [0.717, 1.165) is 23.8 Å². The summed E-state index contributed by atoms with van der Waals surface area (Å²) in [6.07, 6.45) is 16.0. The van der Waals surface area contributed by atoms with Crippen molar-refractivity contribution >= 4 is 7.82 Å². The average molecular weight is 577 g/mol. The first kappa shape index (κ1) is 32.3. The van der Waals surface area contributed by atoms with Gasteiger partial charge in [0.25, 0.3) is 0 Å². The van der Waals surface area contributed by atoms with Gasteiger partial charge in [-0.2, -0.15) is 13.8 Å². The summed E-state index contributed by atoms with van der Waals surface area (Å²) in [7, 11) is -4.15. The third-order valence-electron chi connectivity index (χ3n) is 7.46. The van der Waals surface area contributed by atoms with Crippen LogP contribution in [0.3, 0.4) is 0 Å². The number of rotatable bonds is 19. The molecule has 0 radical (unpaired) electrons. The van der Waals surface area contributed by atoms with Gasteiger partial charge in [-0.15, -0.1) is 0 Å². The van der Waals surface area contributed by atoms with Crippen molar-refractivity contribution < 1.29 is 31.7 Å². The highest BCUT2D eigenvalue weighted by Crippen LogP contribution is 2.59. The second-order valence-electron chi connectivity index (χ2n) is 10.9. The van der Waals surface area contributed by atoms with Gasteiger partial charge in [-0.25, -0.2) is 9.36 Å². The maximum Gasteiger partial charge on any atom is 0.475 e. The zero-order chi connectivity index (χ0) is 28.1. The van der Waals surface area contributed by atoms with Crippen LogP contribution in [0.2, 0.25) is 0 Å². The molecule has 224 valence electrons. The molecule has 11 heteroatoms. The van der Waals surface area contributed by atoms with E-state index in [9.17, 15) is 9.36 Å². The molecule has 3 rings (SSSR count). The lowest BCUT2D eigenvalue weighted by Gasteiger charge is -2.31. The minimum absolute atomic E-state index is 0.101. The second kappa shape index (κ2) is 16.3. The Morgan fingerprint density at radius 2 is 1.51 bits per heavy atom. The van der Waals surface area contributed by atoms with E-state index >= 15 is 8.78 Å². The van der Waals surface area contributed by atoms with E-state index in [4.69, 9.17) is 18.3 Å². The largest absolute Gasteiger partial charge is 0.475 e. The zero-order valence-electron chi connectivity index (χ0n) is 23.7. The Labute approximate surface area is 231 Å². The molecule has 0 aliphatic carbocycles. The smallest absolute Gasteiger partial charge is 0.343 e. The van der Waals surface area contributed by atoms with E-state index in [2.05, 4.69) is 11.9 Å². The van der Waals surface area contributed by atoms with Gasteiger partial charge < -0.3 is 4.74 Å². The summed E-state index contributed by atoms with van der Waals surface area (Å²) >= 11 is 0. The molecule has 0 amide bonds. The van der Waals surface area contributed by atoms with Gasteiger partial charge in [0, 0.05) is 11.9 Å². The van der Waals surface area contributed by atoms with Crippen LogP contribution in [-0.2, 0) is 22.9 Å². The van der Waals surface area contributed by atoms with Crippen LogP contribution in [0.15, 0.2) is 17.1 Å². The Bertz CT molecular complexity index is 962. The molecule has 8 nitrogen and oxygen atoms in total. The summed E-state index contributed by atoms with van der Waals surface area (Å²) in [6, 6.07) is 1.44. The summed E-state index contributed by atoms with van der Waals surface area (Å²) < 4.78 is 64.8. The highest BCUT2D eigenvalue weighted by Gasteiger charge is 2.65. The number of hydrogen-bond donors (Lipinski definition) is 0. The third kappa shape index (κ3) is 9.99. The topological polar surface area (TPSA) is 88.9 Å². The fraction of sp³-hybridized carbons (Fsp3) is 0.857. The molecule has 2 fully saturated rings. The number of phosphoric ester groups is 1. The molecule has 0 saturated carbocycles. The molecular formula is C28H47F2N2O6P. The van der Waals surface area contributed by atoms with E-state index in [0.29, 0.717) is 12.1 Å². The minimum atomic E-state index is -4.15. The molecule has 3 heterocycles. The Hall–Kier alpha value is -1.19. The number of aromatic nitrogens is 2. The molecule has 4 atom stereocenters. The monoisotopic (exact) mass is 576 g/mol. The molecule has 0 N–H and O–H groups in total. The summed E-state index contributed by atoms with van der Waals surface area (Å²) in [4.78, 5) is 15.8. The van der Waals surface area contributed by atoms with Gasteiger partial charge in [0.15, 0.2) is 6.10 Å². The van der Waals surface area contributed by atoms with Gasteiger partial charge in [-0.1, -0.05) is 103 Å². The number of halogens is 2. The number of nitrogens with zero attached hydrogens (tertiary/aromatic N) is 2. The predicted octanol–water partition coefficient (Wildman–Crippen LogP) is 7.89. The van der Waals surface area contributed by atoms with Crippen molar-refractivity contribution in [2.45, 2.75) is 141 Å². The number of fused-ring (bicyclic) bond motifs is 1. The van der Waals surface area contributed by atoms with Crippen molar-refractivity contribution in [2.75, 3.05) is 13.2 Å². The molecule has 0 aromatic carbocycles. The molecule has 2 saturated heterocycles. The lowest BCUT2D eigenvalue weighted by molar-refractivity contribution is -0.138. The van der Waals surface area contributed by atoms with Gasteiger partial charge >= 0.3 is 19.4 Å². The van der Waals surface area contributed by atoms with E-state index in [1.165, 1.54) is 89.3 Å². The predicted molar refractivity (Wildman–Crippen MR) is 146 cm³/mol. The second-order valence-corrected chi connectivity index (χ2v) is 12.5. The summed E-state index contributed by atoms with van der Waals surface area (Å²) in [5.74, 6) is -3.62. The van der Waals surface area contributed by atoms with Gasteiger partial charge in [0.1, 0.15) is 6.10 Å². The number of ether oxygens (including phenoxy) is 1. The Morgan fingerprint density at radius 1 is 0.974 bits per heavy atom. The lowest BCUT2D eigenvalue weighted by atomic mass is 10.0. The highest BCUT2D eigenvalue weighted by atomic mass is 31.2. The first-order valence-corrected chi connectivity index (χ1v) is 16.4. The molecule has 0 bridgehead atoms. The Kier molecular flexibility index (Phi) is 13.5. The quantitative estimate of drug-likeness (QED) is 0.122. The third-order valence-corrected chi connectivity index (χ3v) is 8.91. The Balaban J connectivity index is 1.24. The summed E-state index contributed by atoms with van der Waals surface area (Å²) in [6.45, 7) is 3.57. The summed E-state index contributed by atoms with van der Waals surface area (Å²) in [5.41, 5.74) is -0.455. The molecule has 1 unspecified atom stereocenters. The minimum Gasteiger partial charge on any atom is -0.343 e.